The number of carbonyl (C=O) groups excluding carboxylic acids is 1. The molecule has 0 aliphatic carbocycles. The smallest absolute Gasteiger partial charge is 0.244 e. The number of hydrogen-bond acceptors (Lipinski definition) is 6. The molecular formula is C20H20N4O3S. The van der Waals surface area contributed by atoms with E-state index in [0.29, 0.717) is 16.6 Å². The maximum absolute atomic E-state index is 12.5. The summed E-state index contributed by atoms with van der Waals surface area (Å²) in [5.41, 5.74) is 2.24. The SMILES string of the molecule is COc1cn(CC(=O)Nc2cccc(C)c2)c(CSc2ncccn2)cc1=O. The molecule has 0 aliphatic rings. The molecule has 144 valence electrons. The van der Waals surface area contributed by atoms with Gasteiger partial charge in [-0.2, -0.15) is 0 Å². The van der Waals surface area contributed by atoms with E-state index >= 15 is 0 Å². The van der Waals surface area contributed by atoms with Gasteiger partial charge >= 0.3 is 0 Å². The molecule has 0 unspecified atom stereocenters. The second-order valence-electron chi connectivity index (χ2n) is 6.06. The second-order valence-corrected chi connectivity index (χ2v) is 7.01. The summed E-state index contributed by atoms with van der Waals surface area (Å²) in [5, 5.41) is 3.47. The Kier molecular flexibility index (Phi) is 6.44. The van der Waals surface area contributed by atoms with Crippen LogP contribution in [0.2, 0.25) is 0 Å². The standard InChI is InChI=1S/C20H20N4O3S/c1-14-5-3-6-15(9-14)23-19(26)12-24-11-18(27-2)17(25)10-16(24)13-28-20-21-7-4-8-22-20/h3-11H,12-13H2,1-2H3,(H,23,26). The van der Waals surface area contributed by atoms with Crippen LogP contribution in [-0.4, -0.2) is 27.6 Å². The van der Waals surface area contributed by atoms with Crippen molar-refractivity contribution < 1.29 is 9.53 Å². The Labute approximate surface area is 166 Å². The van der Waals surface area contributed by atoms with E-state index in [9.17, 15) is 9.59 Å². The number of anilines is 1. The molecule has 8 heteroatoms. The molecule has 0 aliphatic heterocycles. The van der Waals surface area contributed by atoms with Crippen LogP contribution in [0.4, 0.5) is 5.69 Å². The van der Waals surface area contributed by atoms with E-state index in [2.05, 4.69) is 15.3 Å². The van der Waals surface area contributed by atoms with Crippen LogP contribution < -0.4 is 15.5 Å². The number of carbonyl (C=O) groups is 1. The van der Waals surface area contributed by atoms with Gasteiger partial charge in [-0.3, -0.25) is 9.59 Å². The molecule has 0 atom stereocenters. The quantitative estimate of drug-likeness (QED) is 0.488. The van der Waals surface area contributed by atoms with Crippen molar-refractivity contribution in [2.45, 2.75) is 24.4 Å². The minimum Gasteiger partial charge on any atom is -0.491 e. The largest absolute Gasteiger partial charge is 0.491 e. The fourth-order valence-electron chi connectivity index (χ4n) is 2.59. The monoisotopic (exact) mass is 396 g/mol. The average Bonchev–Trinajstić information content (AvgIpc) is 2.68. The number of nitrogens with zero attached hydrogens (tertiary/aromatic N) is 3. The Morgan fingerprint density at radius 2 is 2.00 bits per heavy atom. The molecule has 0 fully saturated rings. The van der Waals surface area contributed by atoms with Crippen molar-refractivity contribution in [2.24, 2.45) is 0 Å². The van der Waals surface area contributed by atoms with E-state index in [1.54, 1.807) is 29.2 Å². The van der Waals surface area contributed by atoms with E-state index in [1.807, 2.05) is 31.2 Å². The number of thioether (sulfide) groups is 1. The first kappa shape index (κ1) is 19.6. The van der Waals surface area contributed by atoms with Crippen LogP contribution in [0.25, 0.3) is 0 Å². The van der Waals surface area contributed by atoms with Crippen LogP contribution >= 0.6 is 11.8 Å². The summed E-state index contributed by atoms with van der Waals surface area (Å²) in [6.07, 6.45) is 4.87. The van der Waals surface area contributed by atoms with Gasteiger partial charge in [-0.15, -0.1) is 0 Å². The van der Waals surface area contributed by atoms with E-state index in [-0.39, 0.29) is 23.6 Å². The number of methoxy groups -OCH3 is 1. The lowest BCUT2D eigenvalue weighted by Gasteiger charge is -2.14. The van der Waals surface area contributed by atoms with Gasteiger partial charge in [0.15, 0.2) is 10.9 Å². The highest BCUT2D eigenvalue weighted by Gasteiger charge is 2.12. The number of pyridine rings is 1. The lowest BCUT2D eigenvalue weighted by atomic mass is 10.2. The first-order valence-corrected chi connectivity index (χ1v) is 9.57. The lowest BCUT2D eigenvalue weighted by Crippen LogP contribution is -2.22. The van der Waals surface area contributed by atoms with Gasteiger partial charge in [-0.25, -0.2) is 9.97 Å². The number of aryl methyl sites for hydroxylation is 1. The second kappa shape index (κ2) is 9.18. The molecule has 2 heterocycles. The molecule has 0 spiro atoms. The lowest BCUT2D eigenvalue weighted by molar-refractivity contribution is -0.116. The molecule has 3 aromatic rings. The van der Waals surface area contributed by atoms with E-state index in [4.69, 9.17) is 4.74 Å². The Morgan fingerprint density at radius 1 is 1.21 bits per heavy atom. The van der Waals surface area contributed by atoms with Crippen molar-refractivity contribution in [3.05, 3.63) is 76.5 Å². The number of amides is 1. The van der Waals surface area contributed by atoms with Crippen molar-refractivity contribution in [1.29, 1.82) is 0 Å². The van der Waals surface area contributed by atoms with Gasteiger partial charge < -0.3 is 14.6 Å². The molecule has 1 amide bonds. The van der Waals surface area contributed by atoms with Crippen molar-refractivity contribution in [3.8, 4) is 5.75 Å². The van der Waals surface area contributed by atoms with Gasteiger partial charge in [0, 0.05) is 35.6 Å². The van der Waals surface area contributed by atoms with Crippen molar-refractivity contribution >= 4 is 23.4 Å². The number of hydrogen-bond donors (Lipinski definition) is 1. The number of benzene rings is 1. The summed E-state index contributed by atoms with van der Waals surface area (Å²) in [6.45, 7) is 2.01. The van der Waals surface area contributed by atoms with E-state index in [0.717, 1.165) is 11.3 Å². The molecular weight excluding hydrogens is 376 g/mol. The molecule has 0 saturated heterocycles. The number of ether oxygens (including phenoxy) is 1. The Hall–Kier alpha value is -3.13. The van der Waals surface area contributed by atoms with Gasteiger partial charge in [-0.05, 0) is 30.7 Å². The summed E-state index contributed by atoms with van der Waals surface area (Å²) < 4.78 is 6.83. The molecule has 0 saturated carbocycles. The third-order valence-electron chi connectivity index (χ3n) is 3.91. The summed E-state index contributed by atoms with van der Waals surface area (Å²) in [6, 6.07) is 10.8. The predicted molar refractivity (Wildman–Crippen MR) is 109 cm³/mol. The zero-order valence-corrected chi connectivity index (χ0v) is 16.4. The minimum absolute atomic E-state index is 0.0517. The number of nitrogens with one attached hydrogen (secondary N) is 1. The first-order valence-electron chi connectivity index (χ1n) is 8.59. The summed E-state index contributed by atoms with van der Waals surface area (Å²) in [5.74, 6) is 0.438. The first-order chi connectivity index (χ1) is 13.5. The zero-order chi connectivity index (χ0) is 19.9. The van der Waals surface area contributed by atoms with Crippen molar-refractivity contribution in [3.63, 3.8) is 0 Å². The average molecular weight is 396 g/mol. The highest BCUT2D eigenvalue weighted by Crippen LogP contribution is 2.19. The van der Waals surface area contributed by atoms with Crippen LogP contribution in [0.5, 0.6) is 5.75 Å². The van der Waals surface area contributed by atoms with Crippen molar-refractivity contribution in [2.75, 3.05) is 12.4 Å². The maximum atomic E-state index is 12.5. The molecule has 0 radical (unpaired) electrons. The molecule has 3 rings (SSSR count). The minimum atomic E-state index is -0.234. The molecule has 0 bridgehead atoms. The van der Waals surface area contributed by atoms with Crippen LogP contribution in [-0.2, 0) is 17.1 Å². The molecule has 1 N–H and O–H groups in total. The molecule has 7 nitrogen and oxygen atoms in total. The highest BCUT2D eigenvalue weighted by atomic mass is 32.2. The van der Waals surface area contributed by atoms with Crippen molar-refractivity contribution in [1.82, 2.24) is 14.5 Å². The topological polar surface area (TPSA) is 86.1 Å². The van der Waals surface area contributed by atoms with E-state index in [1.165, 1.54) is 24.9 Å². The fraction of sp³-hybridized carbons (Fsp3) is 0.200. The summed E-state index contributed by atoms with van der Waals surface area (Å²) in [7, 11) is 1.43. The van der Waals surface area contributed by atoms with E-state index < -0.39 is 0 Å². The molecule has 2 aromatic heterocycles. The summed E-state index contributed by atoms with van der Waals surface area (Å²) in [4.78, 5) is 33.0. The van der Waals surface area contributed by atoms with Gasteiger partial charge in [0.05, 0.1) is 13.3 Å². The van der Waals surface area contributed by atoms with Gasteiger partial charge in [-0.1, -0.05) is 23.9 Å². The predicted octanol–water partition coefficient (Wildman–Crippen LogP) is 2.89. The Balaban J connectivity index is 1.79. The van der Waals surface area contributed by atoms with Crippen LogP contribution in [0.15, 0.2) is 64.9 Å². The van der Waals surface area contributed by atoms with Gasteiger partial charge in [0.2, 0.25) is 11.3 Å². The molecule has 28 heavy (non-hydrogen) atoms. The Morgan fingerprint density at radius 3 is 2.71 bits per heavy atom. The normalized spacial score (nSPS) is 10.5. The number of rotatable bonds is 7. The third-order valence-corrected chi connectivity index (χ3v) is 4.82. The number of aromatic nitrogens is 3. The van der Waals surface area contributed by atoms with Crippen LogP contribution in [0.1, 0.15) is 11.3 Å². The zero-order valence-electron chi connectivity index (χ0n) is 15.6. The highest BCUT2D eigenvalue weighted by molar-refractivity contribution is 7.98. The summed E-state index contributed by atoms with van der Waals surface area (Å²) >= 11 is 1.39. The Bertz CT molecular complexity index is 1020. The van der Waals surface area contributed by atoms with Gasteiger partial charge in [0.25, 0.3) is 0 Å². The molecule has 1 aromatic carbocycles. The maximum Gasteiger partial charge on any atom is 0.244 e. The van der Waals surface area contributed by atoms with Gasteiger partial charge in [0.1, 0.15) is 6.54 Å². The fourth-order valence-corrected chi connectivity index (χ4v) is 3.39. The van der Waals surface area contributed by atoms with Crippen LogP contribution in [0.3, 0.4) is 0 Å². The van der Waals surface area contributed by atoms with Crippen LogP contribution in [0, 0.1) is 6.92 Å². The third kappa shape index (κ3) is 5.20.